The second-order valence-corrected chi connectivity index (χ2v) is 6.21. The molecule has 0 aromatic heterocycles. The van der Waals surface area contributed by atoms with Gasteiger partial charge in [0.2, 0.25) is 0 Å². The molecule has 3 unspecified atom stereocenters. The van der Waals surface area contributed by atoms with Crippen LogP contribution in [0.25, 0.3) is 0 Å². The molecule has 4 nitrogen and oxygen atoms in total. The van der Waals surface area contributed by atoms with Gasteiger partial charge in [-0.1, -0.05) is 67.6 Å². The fourth-order valence-corrected chi connectivity index (χ4v) is 3.39. The minimum atomic E-state index is -0.330. The Hall–Kier alpha value is -2.33. The maximum atomic E-state index is 12.7. The van der Waals surface area contributed by atoms with Gasteiger partial charge in [-0.3, -0.25) is 4.90 Å². The van der Waals surface area contributed by atoms with Crippen molar-refractivity contribution in [3.8, 4) is 0 Å². The van der Waals surface area contributed by atoms with E-state index in [2.05, 4.69) is 19.1 Å². The van der Waals surface area contributed by atoms with Crippen LogP contribution in [0.15, 0.2) is 60.7 Å². The average Bonchev–Trinajstić information content (AvgIpc) is 2.98. The first-order chi connectivity index (χ1) is 11.7. The predicted octanol–water partition coefficient (Wildman–Crippen LogP) is 4.38. The topological polar surface area (TPSA) is 38.8 Å². The predicted molar refractivity (Wildman–Crippen MR) is 92.2 cm³/mol. The largest absolute Gasteiger partial charge is 0.444 e. The van der Waals surface area contributed by atoms with Crippen molar-refractivity contribution in [1.29, 1.82) is 0 Å². The van der Waals surface area contributed by atoms with Crippen molar-refractivity contribution >= 4 is 6.09 Å². The van der Waals surface area contributed by atoms with Gasteiger partial charge in [0, 0.05) is 7.11 Å². The lowest BCUT2D eigenvalue weighted by Gasteiger charge is -2.30. The van der Waals surface area contributed by atoms with Crippen molar-refractivity contribution < 1.29 is 14.3 Å². The highest BCUT2D eigenvalue weighted by molar-refractivity contribution is 5.69. The molecule has 0 radical (unpaired) electrons. The van der Waals surface area contributed by atoms with Crippen molar-refractivity contribution in [3.63, 3.8) is 0 Å². The molecule has 0 aliphatic carbocycles. The molecule has 2 aromatic carbocycles. The second kappa shape index (κ2) is 7.49. The van der Waals surface area contributed by atoms with E-state index in [9.17, 15) is 4.79 Å². The molecule has 0 saturated carbocycles. The molecule has 1 fully saturated rings. The summed E-state index contributed by atoms with van der Waals surface area (Å²) in [6.45, 7) is 2.41. The zero-order valence-electron chi connectivity index (χ0n) is 14.1. The fraction of sp³-hybridized carbons (Fsp3) is 0.350. The Morgan fingerprint density at radius 2 is 1.71 bits per heavy atom. The summed E-state index contributed by atoms with van der Waals surface area (Å²) in [5, 5.41) is 0. The van der Waals surface area contributed by atoms with Crippen LogP contribution in [0.2, 0.25) is 0 Å². The number of amides is 1. The Labute approximate surface area is 143 Å². The third kappa shape index (κ3) is 3.44. The van der Waals surface area contributed by atoms with E-state index < -0.39 is 0 Å². The van der Waals surface area contributed by atoms with Crippen LogP contribution < -0.4 is 0 Å². The van der Waals surface area contributed by atoms with E-state index in [0.29, 0.717) is 5.92 Å². The summed E-state index contributed by atoms with van der Waals surface area (Å²) < 4.78 is 11.1. The minimum absolute atomic E-state index is 0.0283. The lowest BCUT2D eigenvalue weighted by molar-refractivity contribution is -0.0210. The molecule has 3 rings (SSSR count). The molecule has 3 atom stereocenters. The summed E-state index contributed by atoms with van der Waals surface area (Å²) in [6.07, 6.45) is 0.216. The van der Waals surface area contributed by atoms with Gasteiger partial charge in [0.05, 0.1) is 6.04 Å². The van der Waals surface area contributed by atoms with Gasteiger partial charge in [-0.25, -0.2) is 4.79 Å². The van der Waals surface area contributed by atoms with Crippen LogP contribution in [0, 0.1) is 5.92 Å². The summed E-state index contributed by atoms with van der Waals surface area (Å²) >= 11 is 0. The van der Waals surface area contributed by atoms with Crippen LogP contribution in [-0.2, 0) is 16.1 Å². The SMILES string of the molecule is COC1CC(C)C(c2ccccc2)N1C(=O)OCc1ccccc1. The zero-order chi connectivity index (χ0) is 16.9. The van der Waals surface area contributed by atoms with E-state index in [1.165, 1.54) is 0 Å². The van der Waals surface area contributed by atoms with Crippen molar-refractivity contribution in [1.82, 2.24) is 4.90 Å². The summed E-state index contributed by atoms with van der Waals surface area (Å²) in [4.78, 5) is 14.5. The van der Waals surface area contributed by atoms with Crippen molar-refractivity contribution in [2.24, 2.45) is 5.92 Å². The normalized spacial score (nSPS) is 23.2. The first-order valence-electron chi connectivity index (χ1n) is 8.27. The van der Waals surface area contributed by atoms with Gasteiger partial charge in [0.1, 0.15) is 12.8 Å². The van der Waals surface area contributed by atoms with Gasteiger partial charge in [-0.15, -0.1) is 0 Å². The third-order valence-corrected chi connectivity index (χ3v) is 4.55. The van der Waals surface area contributed by atoms with Gasteiger partial charge >= 0.3 is 6.09 Å². The third-order valence-electron chi connectivity index (χ3n) is 4.55. The summed E-state index contributed by atoms with van der Waals surface area (Å²) in [6, 6.07) is 19.8. The molecule has 1 heterocycles. The van der Waals surface area contributed by atoms with Crippen molar-refractivity contribution in [3.05, 3.63) is 71.8 Å². The Bertz CT molecular complexity index is 659. The second-order valence-electron chi connectivity index (χ2n) is 6.21. The number of methoxy groups -OCH3 is 1. The van der Waals surface area contributed by atoms with Gasteiger partial charge in [0.15, 0.2) is 0 Å². The molecule has 1 amide bonds. The van der Waals surface area contributed by atoms with E-state index in [0.717, 1.165) is 17.5 Å². The molecule has 126 valence electrons. The van der Waals surface area contributed by atoms with Crippen LogP contribution >= 0.6 is 0 Å². The van der Waals surface area contributed by atoms with E-state index in [-0.39, 0.29) is 25.0 Å². The molecule has 24 heavy (non-hydrogen) atoms. The number of ether oxygens (including phenoxy) is 2. The molecule has 0 bridgehead atoms. The molecule has 4 heteroatoms. The first kappa shape index (κ1) is 16.5. The average molecular weight is 325 g/mol. The summed E-state index contributed by atoms with van der Waals surface area (Å²) in [5.74, 6) is 0.307. The highest BCUT2D eigenvalue weighted by Crippen LogP contribution is 2.41. The summed E-state index contributed by atoms with van der Waals surface area (Å²) in [7, 11) is 1.64. The fourth-order valence-electron chi connectivity index (χ4n) is 3.39. The number of carbonyl (C=O) groups is 1. The van der Waals surface area contributed by atoms with E-state index in [1.807, 2.05) is 48.5 Å². The molecule has 0 spiro atoms. The number of rotatable bonds is 4. The molecule has 1 saturated heterocycles. The van der Waals surface area contributed by atoms with Crippen LogP contribution in [0.1, 0.15) is 30.5 Å². The van der Waals surface area contributed by atoms with Crippen LogP contribution in [0.3, 0.4) is 0 Å². The molecule has 2 aromatic rings. The van der Waals surface area contributed by atoms with Crippen molar-refractivity contribution in [2.75, 3.05) is 7.11 Å². The smallest absolute Gasteiger partial charge is 0.412 e. The van der Waals surface area contributed by atoms with E-state index in [4.69, 9.17) is 9.47 Å². The van der Waals surface area contributed by atoms with Crippen LogP contribution in [-0.4, -0.2) is 24.3 Å². The summed E-state index contributed by atoms with van der Waals surface area (Å²) in [5.41, 5.74) is 2.09. The van der Waals surface area contributed by atoms with Gasteiger partial charge < -0.3 is 9.47 Å². The Morgan fingerprint density at radius 3 is 2.33 bits per heavy atom. The lowest BCUT2D eigenvalue weighted by atomic mass is 9.95. The van der Waals surface area contributed by atoms with E-state index >= 15 is 0 Å². The monoisotopic (exact) mass is 325 g/mol. The number of hydrogen-bond donors (Lipinski definition) is 0. The number of benzene rings is 2. The Morgan fingerprint density at radius 1 is 1.08 bits per heavy atom. The molecule has 1 aliphatic rings. The highest BCUT2D eigenvalue weighted by Gasteiger charge is 2.43. The minimum Gasteiger partial charge on any atom is -0.444 e. The molecule has 0 N–H and O–H groups in total. The number of hydrogen-bond acceptors (Lipinski definition) is 3. The Kier molecular flexibility index (Phi) is 5.16. The van der Waals surface area contributed by atoms with Gasteiger partial charge in [-0.2, -0.15) is 0 Å². The maximum absolute atomic E-state index is 12.7. The Balaban J connectivity index is 1.77. The van der Waals surface area contributed by atoms with E-state index in [1.54, 1.807) is 12.0 Å². The standard InChI is InChI=1S/C20H23NO3/c1-15-13-18(23-2)21(19(15)17-11-7-4-8-12-17)20(22)24-14-16-9-5-3-6-10-16/h3-12,15,18-19H,13-14H2,1-2H3. The number of nitrogens with zero attached hydrogens (tertiary/aromatic N) is 1. The molecule has 1 aliphatic heterocycles. The number of likely N-dealkylation sites (tertiary alicyclic amines) is 1. The first-order valence-corrected chi connectivity index (χ1v) is 8.27. The molecular weight excluding hydrogens is 302 g/mol. The van der Waals surface area contributed by atoms with Crippen LogP contribution in [0.5, 0.6) is 0 Å². The zero-order valence-corrected chi connectivity index (χ0v) is 14.1. The van der Waals surface area contributed by atoms with Gasteiger partial charge in [-0.05, 0) is 23.5 Å². The van der Waals surface area contributed by atoms with Crippen LogP contribution in [0.4, 0.5) is 4.79 Å². The quantitative estimate of drug-likeness (QED) is 0.837. The maximum Gasteiger partial charge on any atom is 0.412 e. The van der Waals surface area contributed by atoms with Crippen molar-refractivity contribution in [2.45, 2.75) is 32.2 Å². The molecular formula is C20H23NO3. The van der Waals surface area contributed by atoms with Gasteiger partial charge in [0.25, 0.3) is 0 Å². The lowest BCUT2D eigenvalue weighted by Crippen LogP contribution is -2.39. The number of carbonyl (C=O) groups excluding carboxylic acids is 1. The highest BCUT2D eigenvalue weighted by atomic mass is 16.6.